The summed E-state index contributed by atoms with van der Waals surface area (Å²) in [6.45, 7) is 5.70. The van der Waals surface area contributed by atoms with Gasteiger partial charge in [-0.1, -0.05) is 0 Å². The fourth-order valence-corrected chi connectivity index (χ4v) is 2.97. The van der Waals surface area contributed by atoms with Crippen molar-refractivity contribution in [1.29, 1.82) is 0 Å². The molecule has 1 aromatic rings. The van der Waals surface area contributed by atoms with Crippen molar-refractivity contribution in [3.63, 3.8) is 0 Å². The summed E-state index contributed by atoms with van der Waals surface area (Å²) >= 11 is 0. The summed E-state index contributed by atoms with van der Waals surface area (Å²) in [7, 11) is 0. The number of anilines is 1. The van der Waals surface area contributed by atoms with E-state index < -0.39 is 0 Å². The molecule has 0 aliphatic carbocycles. The third-order valence-electron chi connectivity index (χ3n) is 4.24. The molecule has 96 valence electrons. The highest BCUT2D eigenvalue weighted by Gasteiger charge is 2.43. The van der Waals surface area contributed by atoms with Gasteiger partial charge < -0.3 is 9.64 Å². The molecule has 2 heterocycles. The van der Waals surface area contributed by atoms with Crippen LogP contribution in [0.25, 0.3) is 0 Å². The Kier molecular flexibility index (Phi) is 2.86. The first kappa shape index (κ1) is 11.7. The Morgan fingerprint density at radius 3 is 2.33 bits per heavy atom. The van der Waals surface area contributed by atoms with Gasteiger partial charge in [-0.3, -0.25) is 4.79 Å². The molecule has 1 spiro atoms. The molecule has 1 aromatic carbocycles. The summed E-state index contributed by atoms with van der Waals surface area (Å²) in [5.74, 6) is 0.131. The standard InChI is InChI=1S/C15H19NO2/c1-12(17)13-2-4-14(5-3-13)16-10-15(11-16)6-8-18-9-7-15/h2-5H,6-11H2,1H3. The van der Waals surface area contributed by atoms with Gasteiger partial charge in [0.05, 0.1) is 0 Å². The van der Waals surface area contributed by atoms with E-state index in [1.54, 1.807) is 6.92 Å². The number of hydrogen-bond donors (Lipinski definition) is 0. The molecule has 0 bridgehead atoms. The number of nitrogens with zero attached hydrogens (tertiary/aromatic N) is 1. The number of carbonyl (C=O) groups is 1. The van der Waals surface area contributed by atoms with Gasteiger partial charge in [0.2, 0.25) is 0 Å². The van der Waals surface area contributed by atoms with Crippen molar-refractivity contribution >= 4 is 11.5 Å². The van der Waals surface area contributed by atoms with Crippen LogP contribution in [0, 0.1) is 5.41 Å². The molecule has 0 saturated carbocycles. The van der Waals surface area contributed by atoms with Crippen molar-refractivity contribution in [3.8, 4) is 0 Å². The highest BCUT2D eigenvalue weighted by atomic mass is 16.5. The van der Waals surface area contributed by atoms with Crippen LogP contribution in [0.3, 0.4) is 0 Å². The molecule has 0 amide bonds. The van der Waals surface area contributed by atoms with Crippen molar-refractivity contribution in [2.75, 3.05) is 31.2 Å². The van der Waals surface area contributed by atoms with Crippen LogP contribution in [0.2, 0.25) is 0 Å². The van der Waals surface area contributed by atoms with Crippen LogP contribution < -0.4 is 4.90 Å². The van der Waals surface area contributed by atoms with Crippen molar-refractivity contribution in [3.05, 3.63) is 29.8 Å². The summed E-state index contributed by atoms with van der Waals surface area (Å²) in [6.07, 6.45) is 2.38. The molecule has 0 N–H and O–H groups in total. The van der Waals surface area contributed by atoms with Crippen LogP contribution in [-0.2, 0) is 4.74 Å². The monoisotopic (exact) mass is 245 g/mol. The first-order valence-corrected chi connectivity index (χ1v) is 6.62. The van der Waals surface area contributed by atoms with Gasteiger partial charge in [0.1, 0.15) is 0 Å². The number of Topliss-reactive ketones (excluding diaryl/α,β-unsaturated/α-hetero) is 1. The molecule has 3 nitrogen and oxygen atoms in total. The van der Waals surface area contributed by atoms with E-state index in [9.17, 15) is 4.79 Å². The fourth-order valence-electron chi connectivity index (χ4n) is 2.97. The zero-order chi connectivity index (χ0) is 12.6. The molecule has 2 aliphatic heterocycles. The van der Waals surface area contributed by atoms with Crippen LogP contribution >= 0.6 is 0 Å². The first-order valence-electron chi connectivity index (χ1n) is 6.62. The van der Waals surface area contributed by atoms with E-state index in [-0.39, 0.29) is 5.78 Å². The third-order valence-corrected chi connectivity index (χ3v) is 4.24. The van der Waals surface area contributed by atoms with E-state index in [2.05, 4.69) is 17.0 Å². The zero-order valence-corrected chi connectivity index (χ0v) is 10.8. The molecule has 2 fully saturated rings. The van der Waals surface area contributed by atoms with Crippen LogP contribution in [0.4, 0.5) is 5.69 Å². The Morgan fingerprint density at radius 2 is 1.78 bits per heavy atom. The van der Waals surface area contributed by atoms with E-state index in [1.807, 2.05) is 12.1 Å². The molecule has 3 heteroatoms. The number of carbonyl (C=O) groups excluding carboxylic acids is 1. The maximum Gasteiger partial charge on any atom is 0.159 e. The largest absolute Gasteiger partial charge is 0.381 e. The van der Waals surface area contributed by atoms with E-state index in [4.69, 9.17) is 4.74 Å². The third kappa shape index (κ3) is 2.03. The van der Waals surface area contributed by atoms with Gasteiger partial charge in [-0.25, -0.2) is 0 Å². The predicted molar refractivity (Wildman–Crippen MR) is 71.1 cm³/mol. The quantitative estimate of drug-likeness (QED) is 0.750. The van der Waals surface area contributed by atoms with E-state index in [0.29, 0.717) is 5.41 Å². The molecule has 0 atom stereocenters. The second kappa shape index (κ2) is 4.39. The summed E-state index contributed by atoms with van der Waals surface area (Å²) in [5.41, 5.74) is 2.52. The second-order valence-corrected chi connectivity index (χ2v) is 5.57. The van der Waals surface area contributed by atoms with Gasteiger partial charge in [-0.05, 0) is 44.0 Å². The lowest BCUT2D eigenvalue weighted by molar-refractivity contribution is -0.000194. The normalized spacial score (nSPS) is 21.7. The SMILES string of the molecule is CC(=O)c1ccc(N2CC3(CCOCC3)C2)cc1. The lowest BCUT2D eigenvalue weighted by Gasteiger charge is -2.53. The Hall–Kier alpha value is -1.35. The molecule has 18 heavy (non-hydrogen) atoms. The first-order chi connectivity index (χ1) is 8.69. The minimum atomic E-state index is 0.131. The average molecular weight is 245 g/mol. The molecule has 3 rings (SSSR count). The van der Waals surface area contributed by atoms with Crippen LogP contribution in [0.5, 0.6) is 0 Å². The molecule has 2 aliphatic rings. The minimum Gasteiger partial charge on any atom is -0.381 e. The van der Waals surface area contributed by atoms with E-state index >= 15 is 0 Å². The maximum atomic E-state index is 11.2. The number of rotatable bonds is 2. The summed E-state index contributed by atoms with van der Waals surface area (Å²) in [4.78, 5) is 13.6. The van der Waals surface area contributed by atoms with Crippen molar-refractivity contribution < 1.29 is 9.53 Å². The Bertz CT molecular complexity index is 438. The molecule has 0 unspecified atom stereocenters. The number of benzene rings is 1. The van der Waals surface area contributed by atoms with Gasteiger partial charge in [-0.15, -0.1) is 0 Å². The second-order valence-electron chi connectivity index (χ2n) is 5.57. The van der Waals surface area contributed by atoms with Crippen LogP contribution in [0.1, 0.15) is 30.1 Å². The van der Waals surface area contributed by atoms with Crippen LogP contribution in [0.15, 0.2) is 24.3 Å². The topological polar surface area (TPSA) is 29.5 Å². The fraction of sp³-hybridized carbons (Fsp3) is 0.533. The molecular formula is C15H19NO2. The maximum absolute atomic E-state index is 11.2. The van der Waals surface area contributed by atoms with E-state index in [0.717, 1.165) is 31.9 Å². The molecule has 0 radical (unpaired) electrons. The summed E-state index contributed by atoms with van der Waals surface area (Å²) in [5, 5.41) is 0. The van der Waals surface area contributed by atoms with Crippen molar-refractivity contribution in [2.24, 2.45) is 5.41 Å². The number of ether oxygens (including phenoxy) is 1. The number of ketones is 1. The van der Waals surface area contributed by atoms with Crippen LogP contribution in [-0.4, -0.2) is 32.1 Å². The Balaban J connectivity index is 1.65. The van der Waals surface area contributed by atoms with Gasteiger partial charge in [0.25, 0.3) is 0 Å². The Morgan fingerprint density at radius 1 is 1.17 bits per heavy atom. The smallest absolute Gasteiger partial charge is 0.159 e. The van der Waals surface area contributed by atoms with Gasteiger partial charge in [0.15, 0.2) is 5.78 Å². The number of hydrogen-bond acceptors (Lipinski definition) is 3. The van der Waals surface area contributed by atoms with Gasteiger partial charge in [-0.2, -0.15) is 0 Å². The highest BCUT2D eigenvalue weighted by Crippen LogP contribution is 2.41. The summed E-state index contributed by atoms with van der Waals surface area (Å²) in [6, 6.07) is 7.96. The molecule has 0 aromatic heterocycles. The molecular weight excluding hydrogens is 226 g/mol. The molecule has 2 saturated heterocycles. The summed E-state index contributed by atoms with van der Waals surface area (Å²) < 4.78 is 5.43. The predicted octanol–water partition coefficient (Wildman–Crippen LogP) is 2.51. The highest BCUT2D eigenvalue weighted by molar-refractivity contribution is 5.94. The Labute approximate surface area is 108 Å². The van der Waals surface area contributed by atoms with Crippen molar-refractivity contribution in [1.82, 2.24) is 0 Å². The van der Waals surface area contributed by atoms with Crippen molar-refractivity contribution in [2.45, 2.75) is 19.8 Å². The van der Waals surface area contributed by atoms with Gasteiger partial charge in [0, 0.05) is 43.0 Å². The van der Waals surface area contributed by atoms with E-state index in [1.165, 1.54) is 18.5 Å². The average Bonchev–Trinajstić information content (AvgIpc) is 2.37. The minimum absolute atomic E-state index is 0.131. The lowest BCUT2D eigenvalue weighted by Crippen LogP contribution is -2.58. The zero-order valence-electron chi connectivity index (χ0n) is 10.8. The van der Waals surface area contributed by atoms with Gasteiger partial charge >= 0.3 is 0 Å². The lowest BCUT2D eigenvalue weighted by atomic mass is 9.73.